The molecule has 20 heavy (non-hydrogen) atoms. The van der Waals surface area contributed by atoms with Gasteiger partial charge in [0.15, 0.2) is 0 Å². The van der Waals surface area contributed by atoms with Gasteiger partial charge in [0.2, 0.25) is 0 Å². The zero-order chi connectivity index (χ0) is 14.1. The minimum absolute atomic E-state index is 0.332. The summed E-state index contributed by atoms with van der Waals surface area (Å²) in [6.07, 6.45) is 0.804. The Labute approximate surface area is 126 Å². The first-order valence-corrected chi connectivity index (χ1v) is 7.73. The number of para-hydroxylation sites is 1. The van der Waals surface area contributed by atoms with E-state index >= 15 is 0 Å². The van der Waals surface area contributed by atoms with Crippen LogP contribution in [0.2, 0.25) is 5.02 Å². The van der Waals surface area contributed by atoms with Gasteiger partial charge in [0.05, 0.1) is 11.6 Å². The van der Waals surface area contributed by atoms with E-state index in [0.29, 0.717) is 16.5 Å². The smallest absolute Gasteiger partial charge is 0.349 e. The zero-order valence-electron chi connectivity index (χ0n) is 11.0. The number of carbonyl (C=O) groups is 1. The number of hydrogen-bond donors (Lipinski definition) is 1. The van der Waals surface area contributed by atoms with E-state index in [-0.39, 0.29) is 5.97 Å². The summed E-state index contributed by atoms with van der Waals surface area (Å²) < 4.78 is 5.08. The number of rotatable bonds is 2. The van der Waals surface area contributed by atoms with Gasteiger partial charge in [-0.25, -0.2) is 4.79 Å². The summed E-state index contributed by atoms with van der Waals surface area (Å²) in [6, 6.07) is 8.09. The summed E-state index contributed by atoms with van der Waals surface area (Å²) in [5, 5.41) is 3.93. The summed E-state index contributed by atoms with van der Waals surface area (Å²) >= 11 is 7.81. The van der Waals surface area contributed by atoms with E-state index in [4.69, 9.17) is 16.3 Å². The first-order valence-electron chi connectivity index (χ1n) is 6.54. The molecule has 1 aliphatic heterocycles. The average Bonchev–Trinajstić information content (AvgIpc) is 2.67. The molecular weight excluding hydrogens is 294 g/mol. The van der Waals surface area contributed by atoms with Crippen LogP contribution in [0.3, 0.4) is 0 Å². The number of ether oxygens (including phenoxy) is 1. The monoisotopic (exact) mass is 307 g/mol. The fraction of sp³-hybridized carbons (Fsp3) is 0.267. The van der Waals surface area contributed by atoms with Crippen LogP contribution in [0.25, 0.3) is 10.4 Å². The largest absolute Gasteiger partial charge is 0.462 e. The van der Waals surface area contributed by atoms with Crippen LogP contribution in [0, 0.1) is 0 Å². The summed E-state index contributed by atoms with van der Waals surface area (Å²) in [6.45, 7) is 2.96. The number of halogens is 1. The first kappa shape index (κ1) is 13.5. The number of hydrogen-bond acceptors (Lipinski definition) is 4. The Bertz CT molecular complexity index is 666. The number of fused-ring (bicyclic) bond motifs is 3. The molecule has 3 rings (SSSR count). The Morgan fingerprint density at radius 2 is 2.25 bits per heavy atom. The maximum absolute atomic E-state index is 12.0. The Morgan fingerprint density at radius 3 is 3.05 bits per heavy atom. The lowest BCUT2D eigenvalue weighted by molar-refractivity contribution is 0.0532. The van der Waals surface area contributed by atoms with Crippen LogP contribution in [-0.2, 0) is 11.2 Å². The molecule has 0 saturated heterocycles. The molecule has 2 heterocycles. The molecule has 5 heteroatoms. The number of thiophene rings is 1. The lowest BCUT2D eigenvalue weighted by Gasteiger charge is -2.06. The highest BCUT2D eigenvalue weighted by atomic mass is 35.5. The van der Waals surface area contributed by atoms with Gasteiger partial charge in [0, 0.05) is 22.7 Å². The van der Waals surface area contributed by atoms with Crippen molar-refractivity contribution in [2.75, 3.05) is 18.5 Å². The predicted molar refractivity (Wildman–Crippen MR) is 82.9 cm³/mol. The standard InChI is InChI=1S/C15H14ClNO2S/c1-2-19-15(18)14-12(16)10-7-8-17-11-6-4-3-5-9(11)13(10)20-14/h3-6,17H,2,7-8H2,1H3. The highest BCUT2D eigenvalue weighted by Gasteiger charge is 2.25. The van der Waals surface area contributed by atoms with Crippen molar-refractivity contribution in [3.05, 3.63) is 39.7 Å². The average molecular weight is 308 g/mol. The molecule has 0 saturated carbocycles. The molecule has 0 amide bonds. The van der Waals surface area contributed by atoms with Crippen molar-refractivity contribution >= 4 is 34.6 Å². The molecule has 0 bridgehead atoms. The topological polar surface area (TPSA) is 38.3 Å². The second-order valence-electron chi connectivity index (χ2n) is 4.50. The van der Waals surface area contributed by atoms with E-state index in [0.717, 1.165) is 34.7 Å². The van der Waals surface area contributed by atoms with Gasteiger partial charge >= 0.3 is 5.97 Å². The molecule has 104 valence electrons. The number of benzene rings is 1. The summed E-state index contributed by atoms with van der Waals surface area (Å²) in [4.78, 5) is 13.5. The summed E-state index contributed by atoms with van der Waals surface area (Å²) in [5.74, 6) is -0.332. The zero-order valence-corrected chi connectivity index (χ0v) is 12.6. The molecule has 1 aromatic heterocycles. The van der Waals surface area contributed by atoms with Crippen LogP contribution in [-0.4, -0.2) is 19.1 Å². The molecule has 3 nitrogen and oxygen atoms in total. The van der Waals surface area contributed by atoms with E-state index in [2.05, 4.69) is 5.32 Å². The second kappa shape index (κ2) is 5.46. The van der Waals surface area contributed by atoms with E-state index in [9.17, 15) is 4.79 Å². The maximum atomic E-state index is 12.0. The Hall–Kier alpha value is -1.52. The molecular formula is C15H14ClNO2S. The van der Waals surface area contributed by atoms with Crippen molar-refractivity contribution in [1.29, 1.82) is 0 Å². The van der Waals surface area contributed by atoms with Crippen LogP contribution in [0.4, 0.5) is 5.69 Å². The Morgan fingerprint density at radius 1 is 1.45 bits per heavy atom. The molecule has 0 aliphatic carbocycles. The second-order valence-corrected chi connectivity index (χ2v) is 5.89. The third-order valence-electron chi connectivity index (χ3n) is 3.27. The predicted octanol–water partition coefficient (Wildman–Crippen LogP) is 4.21. The third-order valence-corrected chi connectivity index (χ3v) is 5.04. The Balaban J connectivity index is 2.14. The summed E-state index contributed by atoms with van der Waals surface area (Å²) in [7, 11) is 0. The number of carbonyl (C=O) groups excluding carboxylic acids is 1. The molecule has 1 aliphatic rings. The van der Waals surface area contributed by atoms with Crippen molar-refractivity contribution in [2.24, 2.45) is 0 Å². The van der Waals surface area contributed by atoms with E-state index in [1.54, 1.807) is 6.92 Å². The van der Waals surface area contributed by atoms with Crippen molar-refractivity contribution in [2.45, 2.75) is 13.3 Å². The molecule has 0 fully saturated rings. The van der Waals surface area contributed by atoms with Gasteiger partial charge in [-0.3, -0.25) is 0 Å². The fourth-order valence-corrected chi connectivity index (χ4v) is 3.98. The van der Waals surface area contributed by atoms with Crippen LogP contribution < -0.4 is 5.32 Å². The first-order chi connectivity index (χ1) is 9.72. The van der Waals surface area contributed by atoms with Gasteiger partial charge < -0.3 is 10.1 Å². The van der Waals surface area contributed by atoms with E-state index in [1.807, 2.05) is 24.3 Å². The van der Waals surface area contributed by atoms with Crippen molar-refractivity contribution in [3.8, 4) is 10.4 Å². The number of esters is 1. The lowest BCUT2D eigenvalue weighted by atomic mass is 10.1. The van der Waals surface area contributed by atoms with Gasteiger partial charge in [0.1, 0.15) is 4.88 Å². The highest BCUT2D eigenvalue weighted by molar-refractivity contribution is 7.18. The maximum Gasteiger partial charge on any atom is 0.349 e. The van der Waals surface area contributed by atoms with Gasteiger partial charge in [-0.15, -0.1) is 11.3 Å². The minimum atomic E-state index is -0.332. The molecule has 0 atom stereocenters. The number of nitrogens with one attached hydrogen (secondary N) is 1. The minimum Gasteiger partial charge on any atom is -0.462 e. The molecule has 0 spiro atoms. The highest BCUT2D eigenvalue weighted by Crippen LogP contribution is 2.44. The van der Waals surface area contributed by atoms with Crippen molar-refractivity contribution in [3.63, 3.8) is 0 Å². The Kier molecular flexibility index (Phi) is 3.68. The van der Waals surface area contributed by atoms with E-state index in [1.165, 1.54) is 11.3 Å². The molecule has 0 unspecified atom stereocenters. The molecule has 1 aromatic carbocycles. The van der Waals surface area contributed by atoms with E-state index < -0.39 is 0 Å². The van der Waals surface area contributed by atoms with Crippen LogP contribution >= 0.6 is 22.9 Å². The quantitative estimate of drug-likeness (QED) is 0.845. The van der Waals surface area contributed by atoms with Crippen LogP contribution in [0.5, 0.6) is 0 Å². The van der Waals surface area contributed by atoms with Gasteiger partial charge in [0.25, 0.3) is 0 Å². The SMILES string of the molecule is CCOC(=O)c1sc2c(c1Cl)CCNc1ccccc1-2. The van der Waals surface area contributed by atoms with Crippen molar-refractivity contribution < 1.29 is 9.53 Å². The van der Waals surface area contributed by atoms with Gasteiger partial charge in [-0.2, -0.15) is 0 Å². The van der Waals surface area contributed by atoms with Crippen LogP contribution in [0.15, 0.2) is 24.3 Å². The third kappa shape index (κ3) is 2.19. The molecule has 1 N–H and O–H groups in total. The number of anilines is 1. The normalized spacial score (nSPS) is 12.9. The van der Waals surface area contributed by atoms with Gasteiger partial charge in [-0.05, 0) is 25.0 Å². The van der Waals surface area contributed by atoms with Crippen molar-refractivity contribution in [1.82, 2.24) is 0 Å². The molecule has 2 aromatic rings. The molecule has 0 radical (unpaired) electrons. The fourth-order valence-electron chi connectivity index (χ4n) is 2.37. The lowest BCUT2D eigenvalue weighted by Crippen LogP contribution is -2.04. The van der Waals surface area contributed by atoms with Crippen LogP contribution in [0.1, 0.15) is 22.2 Å². The van der Waals surface area contributed by atoms with Gasteiger partial charge in [-0.1, -0.05) is 29.8 Å². The summed E-state index contributed by atoms with van der Waals surface area (Å²) in [5.41, 5.74) is 3.22.